The van der Waals surface area contributed by atoms with Crippen molar-refractivity contribution in [2.75, 3.05) is 13.2 Å². The highest BCUT2D eigenvalue weighted by molar-refractivity contribution is 5.31. The van der Waals surface area contributed by atoms with Crippen LogP contribution in [0.1, 0.15) is 16.9 Å². The summed E-state index contributed by atoms with van der Waals surface area (Å²) in [5.41, 5.74) is 1.60. The molecule has 0 aliphatic rings. The van der Waals surface area contributed by atoms with E-state index < -0.39 is 6.10 Å². The molecule has 1 aromatic heterocycles. The Bertz CT molecular complexity index is 835. The lowest BCUT2D eigenvalue weighted by atomic mass is 10.2. The second-order valence-electron chi connectivity index (χ2n) is 6.57. The Morgan fingerprint density at radius 1 is 1.04 bits per heavy atom. The van der Waals surface area contributed by atoms with Crippen molar-refractivity contribution in [3.63, 3.8) is 0 Å². The molecule has 1 N–H and O–H groups in total. The number of aliphatic hydroxyl groups excluding tert-OH is 1. The summed E-state index contributed by atoms with van der Waals surface area (Å²) in [5, 5.41) is 10.5. The molecule has 27 heavy (non-hydrogen) atoms. The maximum atomic E-state index is 14.0. The van der Waals surface area contributed by atoms with E-state index >= 15 is 0 Å². The van der Waals surface area contributed by atoms with E-state index in [0.29, 0.717) is 25.2 Å². The zero-order valence-electron chi connectivity index (χ0n) is 15.3. The summed E-state index contributed by atoms with van der Waals surface area (Å²) in [5.74, 6) is 1.26. The third-order valence-corrected chi connectivity index (χ3v) is 4.31. The second-order valence-corrected chi connectivity index (χ2v) is 6.57. The number of para-hydroxylation sites is 1. The van der Waals surface area contributed by atoms with Crippen LogP contribution in [0.4, 0.5) is 4.39 Å². The summed E-state index contributed by atoms with van der Waals surface area (Å²) in [6.07, 6.45) is 0.889. The van der Waals surface area contributed by atoms with Crippen molar-refractivity contribution in [3.05, 3.63) is 89.6 Å². The Morgan fingerprint density at radius 2 is 1.81 bits per heavy atom. The van der Waals surface area contributed by atoms with E-state index in [0.717, 1.165) is 17.1 Å². The van der Waals surface area contributed by atoms with Crippen LogP contribution in [0.3, 0.4) is 0 Å². The molecule has 0 saturated heterocycles. The third-order valence-electron chi connectivity index (χ3n) is 4.31. The lowest BCUT2D eigenvalue weighted by Crippen LogP contribution is -2.35. The highest BCUT2D eigenvalue weighted by atomic mass is 19.1. The monoisotopic (exact) mass is 369 g/mol. The fourth-order valence-corrected chi connectivity index (χ4v) is 2.93. The first-order valence-corrected chi connectivity index (χ1v) is 8.96. The van der Waals surface area contributed by atoms with Gasteiger partial charge in [-0.15, -0.1) is 0 Å². The minimum Gasteiger partial charge on any atom is -0.491 e. The molecule has 0 bridgehead atoms. The first-order chi connectivity index (χ1) is 13.1. The lowest BCUT2D eigenvalue weighted by Gasteiger charge is -2.25. The molecule has 1 heterocycles. The Morgan fingerprint density at radius 3 is 2.56 bits per heavy atom. The second kappa shape index (κ2) is 9.35. The number of hydrogen-bond acceptors (Lipinski definition) is 4. The molecular weight excluding hydrogens is 345 g/mol. The largest absolute Gasteiger partial charge is 0.491 e. The van der Waals surface area contributed by atoms with Gasteiger partial charge in [0, 0.05) is 18.7 Å². The maximum absolute atomic E-state index is 14.0. The zero-order valence-corrected chi connectivity index (χ0v) is 15.3. The van der Waals surface area contributed by atoms with Crippen LogP contribution in [0.5, 0.6) is 5.75 Å². The summed E-state index contributed by atoms with van der Waals surface area (Å²) in [6, 6.07) is 18.0. The minimum absolute atomic E-state index is 0.163. The quantitative estimate of drug-likeness (QED) is 0.615. The lowest BCUT2D eigenvalue weighted by molar-refractivity contribution is 0.0598. The Hall–Kier alpha value is -2.63. The van der Waals surface area contributed by atoms with Gasteiger partial charge in [0.2, 0.25) is 0 Å². The number of furan rings is 1. The number of rotatable bonds is 9. The average molecular weight is 369 g/mol. The average Bonchev–Trinajstić information content (AvgIpc) is 3.16. The van der Waals surface area contributed by atoms with Gasteiger partial charge in [0.15, 0.2) is 0 Å². The van der Waals surface area contributed by atoms with Gasteiger partial charge in [-0.25, -0.2) is 4.39 Å². The van der Waals surface area contributed by atoms with E-state index in [4.69, 9.17) is 9.15 Å². The first kappa shape index (κ1) is 19.1. The number of nitrogens with zero attached hydrogens (tertiary/aromatic N) is 1. The van der Waals surface area contributed by atoms with Crippen molar-refractivity contribution in [3.8, 4) is 5.75 Å². The van der Waals surface area contributed by atoms with Crippen molar-refractivity contribution in [1.82, 2.24) is 4.90 Å². The SMILES string of the molecule is Cc1ccccc1OC[C@H](O)CN(Cc1ccco1)Cc1ccccc1F. The maximum Gasteiger partial charge on any atom is 0.127 e. The Balaban J connectivity index is 1.63. The highest BCUT2D eigenvalue weighted by Gasteiger charge is 2.16. The molecule has 5 heteroatoms. The first-order valence-electron chi connectivity index (χ1n) is 8.96. The zero-order chi connectivity index (χ0) is 19.1. The van der Waals surface area contributed by atoms with E-state index in [1.54, 1.807) is 24.5 Å². The van der Waals surface area contributed by atoms with Crippen molar-refractivity contribution < 1.29 is 18.7 Å². The predicted molar refractivity (Wildman–Crippen MR) is 102 cm³/mol. The van der Waals surface area contributed by atoms with Crippen molar-refractivity contribution in [2.45, 2.75) is 26.1 Å². The van der Waals surface area contributed by atoms with Crippen LogP contribution < -0.4 is 4.74 Å². The van der Waals surface area contributed by atoms with Gasteiger partial charge in [-0.3, -0.25) is 4.90 Å². The molecule has 3 aromatic rings. The molecule has 0 aliphatic carbocycles. The van der Waals surface area contributed by atoms with E-state index in [1.165, 1.54) is 6.07 Å². The van der Waals surface area contributed by atoms with Gasteiger partial charge in [0.25, 0.3) is 0 Å². The minimum atomic E-state index is -0.716. The fraction of sp³-hybridized carbons (Fsp3) is 0.273. The Labute approximate surface area is 158 Å². The number of aryl methyl sites for hydroxylation is 1. The molecule has 3 rings (SSSR count). The van der Waals surface area contributed by atoms with E-state index in [9.17, 15) is 9.50 Å². The summed E-state index contributed by atoms with van der Waals surface area (Å²) in [4.78, 5) is 1.95. The molecule has 1 atom stereocenters. The normalized spacial score (nSPS) is 12.3. The van der Waals surface area contributed by atoms with Crippen LogP contribution >= 0.6 is 0 Å². The third kappa shape index (κ3) is 5.67. The van der Waals surface area contributed by atoms with Gasteiger partial charge in [0.05, 0.1) is 12.8 Å². The van der Waals surface area contributed by atoms with E-state index in [-0.39, 0.29) is 12.4 Å². The van der Waals surface area contributed by atoms with E-state index in [1.807, 2.05) is 48.2 Å². The van der Waals surface area contributed by atoms with Crippen LogP contribution in [-0.2, 0) is 13.1 Å². The molecule has 4 nitrogen and oxygen atoms in total. The summed E-state index contributed by atoms with van der Waals surface area (Å²) in [7, 11) is 0. The molecule has 0 aliphatic heterocycles. The molecule has 142 valence electrons. The molecule has 0 unspecified atom stereocenters. The highest BCUT2D eigenvalue weighted by Crippen LogP contribution is 2.17. The van der Waals surface area contributed by atoms with Crippen molar-refractivity contribution in [2.24, 2.45) is 0 Å². The van der Waals surface area contributed by atoms with Crippen LogP contribution in [0, 0.1) is 12.7 Å². The van der Waals surface area contributed by atoms with E-state index in [2.05, 4.69) is 0 Å². The molecule has 2 aromatic carbocycles. The van der Waals surface area contributed by atoms with Gasteiger partial charge in [-0.2, -0.15) is 0 Å². The topological polar surface area (TPSA) is 45.8 Å². The van der Waals surface area contributed by atoms with Crippen LogP contribution in [0.15, 0.2) is 71.3 Å². The number of aliphatic hydroxyl groups is 1. The van der Waals surface area contributed by atoms with Crippen LogP contribution in [0.2, 0.25) is 0 Å². The van der Waals surface area contributed by atoms with Gasteiger partial charge in [-0.05, 0) is 36.8 Å². The molecule has 0 spiro atoms. The van der Waals surface area contributed by atoms with Crippen molar-refractivity contribution >= 4 is 0 Å². The van der Waals surface area contributed by atoms with Crippen molar-refractivity contribution in [1.29, 1.82) is 0 Å². The summed E-state index contributed by atoms with van der Waals surface area (Å²) in [6.45, 7) is 3.30. The smallest absolute Gasteiger partial charge is 0.127 e. The van der Waals surface area contributed by atoms with Gasteiger partial charge < -0.3 is 14.3 Å². The fourth-order valence-electron chi connectivity index (χ4n) is 2.93. The summed E-state index contributed by atoms with van der Waals surface area (Å²) >= 11 is 0. The van der Waals surface area contributed by atoms with Gasteiger partial charge in [0.1, 0.15) is 30.0 Å². The number of hydrogen-bond donors (Lipinski definition) is 1. The standard InChI is InChI=1S/C22H24FNO3/c1-17-7-2-5-11-22(17)27-16-19(25)14-24(15-20-9-6-12-26-20)13-18-8-3-4-10-21(18)23/h2-12,19,25H,13-16H2,1H3/t19-/m1/s1. The number of benzene rings is 2. The molecule has 0 amide bonds. The molecule has 0 fully saturated rings. The molecular formula is C22H24FNO3. The van der Waals surface area contributed by atoms with Crippen LogP contribution in [0.25, 0.3) is 0 Å². The van der Waals surface area contributed by atoms with Gasteiger partial charge >= 0.3 is 0 Å². The molecule has 0 saturated carbocycles. The summed E-state index contributed by atoms with van der Waals surface area (Å²) < 4.78 is 25.2. The van der Waals surface area contributed by atoms with Gasteiger partial charge in [-0.1, -0.05) is 36.4 Å². The Kier molecular flexibility index (Phi) is 6.63. The number of ether oxygens (including phenoxy) is 1. The molecule has 0 radical (unpaired) electrons. The van der Waals surface area contributed by atoms with Crippen LogP contribution in [-0.4, -0.2) is 29.3 Å². The predicted octanol–water partition coefficient (Wildman–Crippen LogP) is 4.17. The number of halogens is 1.